The second-order valence-electron chi connectivity index (χ2n) is 5.73. The van der Waals surface area contributed by atoms with E-state index in [0.717, 1.165) is 6.26 Å². The van der Waals surface area contributed by atoms with E-state index < -0.39 is 15.7 Å². The summed E-state index contributed by atoms with van der Waals surface area (Å²) < 4.78 is 37.1. The highest BCUT2D eigenvalue weighted by atomic mass is 32.2. The Labute approximate surface area is 120 Å². The molecule has 1 heterocycles. The van der Waals surface area contributed by atoms with Crippen molar-refractivity contribution >= 4 is 16.2 Å². The molecule has 0 aromatic heterocycles. The van der Waals surface area contributed by atoms with Gasteiger partial charge in [-0.15, -0.1) is 0 Å². The van der Waals surface area contributed by atoms with Crippen LogP contribution in [0.4, 0.5) is 4.79 Å². The van der Waals surface area contributed by atoms with Crippen LogP contribution in [-0.4, -0.2) is 63.7 Å². The summed E-state index contributed by atoms with van der Waals surface area (Å²) in [6.45, 7) is 6.73. The van der Waals surface area contributed by atoms with Crippen LogP contribution in [0.5, 0.6) is 0 Å². The number of carbonyl (C=O) groups excluding carboxylic acids is 1. The van der Waals surface area contributed by atoms with E-state index in [0.29, 0.717) is 26.1 Å². The van der Waals surface area contributed by atoms with Gasteiger partial charge < -0.3 is 14.4 Å². The number of hydrogen-bond acceptors (Lipinski definition) is 6. The summed E-state index contributed by atoms with van der Waals surface area (Å²) in [4.78, 5) is 13.5. The van der Waals surface area contributed by atoms with Crippen LogP contribution in [0.15, 0.2) is 0 Å². The first kappa shape index (κ1) is 17.2. The first-order chi connectivity index (χ1) is 9.07. The molecule has 118 valence electrons. The van der Waals surface area contributed by atoms with Gasteiger partial charge in [0.15, 0.2) is 0 Å². The van der Waals surface area contributed by atoms with Crippen LogP contribution in [0.25, 0.3) is 0 Å². The third-order valence-corrected chi connectivity index (χ3v) is 3.12. The molecule has 1 amide bonds. The van der Waals surface area contributed by atoms with Crippen LogP contribution in [-0.2, 0) is 23.8 Å². The Hall–Kier alpha value is -0.860. The normalized spacial score (nSPS) is 20.8. The molecule has 0 aliphatic carbocycles. The van der Waals surface area contributed by atoms with Crippen LogP contribution in [0.3, 0.4) is 0 Å². The molecule has 20 heavy (non-hydrogen) atoms. The van der Waals surface area contributed by atoms with Gasteiger partial charge >= 0.3 is 6.09 Å². The molecule has 1 rings (SSSR count). The zero-order valence-corrected chi connectivity index (χ0v) is 13.2. The van der Waals surface area contributed by atoms with Crippen molar-refractivity contribution in [3.05, 3.63) is 0 Å². The number of amides is 1. The largest absolute Gasteiger partial charge is 0.444 e. The maximum absolute atomic E-state index is 11.9. The number of hydrogen-bond donors (Lipinski definition) is 0. The minimum Gasteiger partial charge on any atom is -0.444 e. The van der Waals surface area contributed by atoms with Crippen molar-refractivity contribution in [1.29, 1.82) is 0 Å². The second kappa shape index (κ2) is 6.73. The molecule has 0 radical (unpaired) electrons. The standard InChI is InChI=1S/C12H23NO6S/c1-12(2,3)19-11(14)13-6-8-17-10(9-13)5-7-18-20(4,15)16/h10H,5-9H2,1-4H3. The van der Waals surface area contributed by atoms with Gasteiger partial charge in [0.25, 0.3) is 10.1 Å². The van der Waals surface area contributed by atoms with E-state index in [2.05, 4.69) is 4.18 Å². The first-order valence-corrected chi connectivity index (χ1v) is 8.32. The van der Waals surface area contributed by atoms with Crippen molar-refractivity contribution < 1.29 is 26.9 Å². The zero-order chi connectivity index (χ0) is 15.4. The quantitative estimate of drug-likeness (QED) is 0.720. The van der Waals surface area contributed by atoms with Crippen LogP contribution in [0.1, 0.15) is 27.2 Å². The van der Waals surface area contributed by atoms with Gasteiger partial charge in [0, 0.05) is 13.0 Å². The van der Waals surface area contributed by atoms with E-state index in [-0.39, 0.29) is 18.8 Å². The first-order valence-electron chi connectivity index (χ1n) is 6.51. The third-order valence-electron chi connectivity index (χ3n) is 2.53. The highest BCUT2D eigenvalue weighted by Crippen LogP contribution is 2.14. The van der Waals surface area contributed by atoms with Crippen LogP contribution in [0.2, 0.25) is 0 Å². The fourth-order valence-electron chi connectivity index (χ4n) is 1.72. The number of ether oxygens (including phenoxy) is 2. The number of rotatable bonds is 4. The molecule has 1 aliphatic rings. The number of carbonyl (C=O) groups is 1. The van der Waals surface area contributed by atoms with Crippen LogP contribution in [0, 0.1) is 0 Å². The molecule has 0 aromatic rings. The number of nitrogens with zero attached hydrogens (tertiary/aromatic N) is 1. The molecule has 0 aromatic carbocycles. The van der Waals surface area contributed by atoms with Crippen LogP contribution >= 0.6 is 0 Å². The van der Waals surface area contributed by atoms with E-state index in [1.54, 1.807) is 4.90 Å². The van der Waals surface area contributed by atoms with Crippen molar-refractivity contribution in [3.63, 3.8) is 0 Å². The van der Waals surface area contributed by atoms with Gasteiger partial charge in [-0.05, 0) is 20.8 Å². The number of morpholine rings is 1. The molecule has 0 spiro atoms. The maximum Gasteiger partial charge on any atom is 0.410 e. The van der Waals surface area contributed by atoms with Crippen LogP contribution < -0.4 is 0 Å². The Morgan fingerprint density at radius 1 is 1.40 bits per heavy atom. The molecule has 1 atom stereocenters. The lowest BCUT2D eigenvalue weighted by Crippen LogP contribution is -2.47. The van der Waals surface area contributed by atoms with E-state index in [4.69, 9.17) is 9.47 Å². The molecule has 0 bridgehead atoms. The minimum atomic E-state index is -3.44. The van der Waals surface area contributed by atoms with Crippen molar-refractivity contribution in [2.45, 2.75) is 38.9 Å². The molecule has 1 fully saturated rings. The Morgan fingerprint density at radius 2 is 2.05 bits per heavy atom. The SMILES string of the molecule is CC(C)(C)OC(=O)N1CCOC(CCOS(C)(=O)=O)C1. The molecule has 8 heteroatoms. The topological polar surface area (TPSA) is 82.1 Å². The van der Waals surface area contributed by atoms with Gasteiger partial charge in [-0.2, -0.15) is 8.42 Å². The van der Waals surface area contributed by atoms with Gasteiger partial charge in [0.05, 0.1) is 32.1 Å². The van der Waals surface area contributed by atoms with E-state index in [1.807, 2.05) is 20.8 Å². The Balaban J connectivity index is 2.40. The smallest absolute Gasteiger partial charge is 0.410 e. The van der Waals surface area contributed by atoms with Gasteiger partial charge in [-0.25, -0.2) is 4.79 Å². The molecular weight excluding hydrogens is 286 g/mol. The molecule has 0 saturated carbocycles. The summed E-state index contributed by atoms with van der Waals surface area (Å²) in [6.07, 6.45) is 0.793. The molecular formula is C12H23NO6S. The zero-order valence-electron chi connectivity index (χ0n) is 12.4. The highest BCUT2D eigenvalue weighted by molar-refractivity contribution is 7.85. The molecule has 1 unspecified atom stereocenters. The van der Waals surface area contributed by atoms with E-state index in [1.165, 1.54) is 0 Å². The predicted molar refractivity (Wildman–Crippen MR) is 73.0 cm³/mol. The average Bonchev–Trinajstić information content (AvgIpc) is 2.25. The predicted octanol–water partition coefficient (Wildman–Crippen LogP) is 0.989. The third kappa shape index (κ3) is 7.06. The second-order valence-corrected chi connectivity index (χ2v) is 7.38. The van der Waals surface area contributed by atoms with Crippen molar-refractivity contribution in [2.75, 3.05) is 32.6 Å². The molecule has 7 nitrogen and oxygen atoms in total. The Morgan fingerprint density at radius 3 is 2.60 bits per heavy atom. The monoisotopic (exact) mass is 309 g/mol. The summed E-state index contributed by atoms with van der Waals surface area (Å²) in [5.74, 6) is 0. The van der Waals surface area contributed by atoms with Crippen molar-refractivity contribution in [1.82, 2.24) is 4.90 Å². The minimum absolute atomic E-state index is 0.0473. The highest BCUT2D eigenvalue weighted by Gasteiger charge is 2.28. The lowest BCUT2D eigenvalue weighted by Gasteiger charge is -2.34. The van der Waals surface area contributed by atoms with Gasteiger partial charge in [0.1, 0.15) is 5.60 Å². The van der Waals surface area contributed by atoms with Crippen molar-refractivity contribution in [2.24, 2.45) is 0 Å². The van der Waals surface area contributed by atoms with Gasteiger partial charge in [-0.1, -0.05) is 0 Å². The lowest BCUT2D eigenvalue weighted by atomic mass is 10.2. The Bertz CT molecular complexity index is 428. The molecule has 1 saturated heterocycles. The average molecular weight is 309 g/mol. The maximum atomic E-state index is 11.9. The summed E-state index contributed by atoms with van der Waals surface area (Å²) in [6, 6.07) is 0. The summed E-state index contributed by atoms with van der Waals surface area (Å²) in [5.41, 5.74) is -0.537. The Kier molecular flexibility index (Phi) is 5.79. The summed E-state index contributed by atoms with van der Waals surface area (Å²) in [7, 11) is -3.44. The van der Waals surface area contributed by atoms with Gasteiger partial charge in [0.2, 0.25) is 0 Å². The lowest BCUT2D eigenvalue weighted by molar-refractivity contribution is -0.0475. The van der Waals surface area contributed by atoms with Gasteiger partial charge in [-0.3, -0.25) is 4.18 Å². The molecule has 0 N–H and O–H groups in total. The van der Waals surface area contributed by atoms with E-state index in [9.17, 15) is 13.2 Å². The fraction of sp³-hybridized carbons (Fsp3) is 0.917. The summed E-state index contributed by atoms with van der Waals surface area (Å²) >= 11 is 0. The fourth-order valence-corrected chi connectivity index (χ4v) is 2.12. The van der Waals surface area contributed by atoms with Crippen molar-refractivity contribution in [3.8, 4) is 0 Å². The molecule has 1 aliphatic heterocycles. The summed E-state index contributed by atoms with van der Waals surface area (Å²) in [5, 5.41) is 0. The van der Waals surface area contributed by atoms with E-state index >= 15 is 0 Å².